The number of hydrogen-bond donors (Lipinski definition) is 1. The molecule has 0 saturated heterocycles. The second-order valence-electron chi connectivity index (χ2n) is 9.69. The summed E-state index contributed by atoms with van der Waals surface area (Å²) in [6, 6.07) is 17.2. The van der Waals surface area contributed by atoms with Crippen LogP contribution in [-0.2, 0) is 26.2 Å². The molecule has 0 aliphatic heterocycles. The maximum Gasteiger partial charge on any atom is 0.264 e. The molecule has 0 spiro atoms. The molecule has 0 aliphatic carbocycles. The highest BCUT2D eigenvalue weighted by atomic mass is 35.5. The summed E-state index contributed by atoms with van der Waals surface area (Å²) in [5.41, 5.74) is 1.72. The fourth-order valence-electron chi connectivity index (χ4n) is 4.19. The van der Waals surface area contributed by atoms with Crippen LogP contribution in [0.15, 0.2) is 77.7 Å². The van der Waals surface area contributed by atoms with Gasteiger partial charge < -0.3 is 10.2 Å². The summed E-state index contributed by atoms with van der Waals surface area (Å²) in [4.78, 5) is 28.6. The topological polar surface area (TPSA) is 86.8 Å². The lowest BCUT2D eigenvalue weighted by Crippen LogP contribution is -2.53. The average Bonchev–Trinajstić information content (AvgIpc) is 2.92. The number of sulfonamides is 1. The lowest BCUT2D eigenvalue weighted by molar-refractivity contribution is -0.140. The van der Waals surface area contributed by atoms with Crippen molar-refractivity contribution in [2.24, 2.45) is 0 Å². The highest BCUT2D eigenvalue weighted by Crippen LogP contribution is 2.26. The number of nitrogens with zero attached hydrogens (tertiary/aromatic N) is 2. The van der Waals surface area contributed by atoms with E-state index in [9.17, 15) is 22.4 Å². The first kappa shape index (κ1) is 31.1. The summed E-state index contributed by atoms with van der Waals surface area (Å²) in [5, 5.41) is 3.30. The fourth-order valence-corrected chi connectivity index (χ4v) is 5.72. The number of amides is 2. The van der Waals surface area contributed by atoms with Crippen LogP contribution >= 0.6 is 11.6 Å². The van der Waals surface area contributed by atoms with E-state index in [1.807, 2.05) is 26.8 Å². The molecule has 0 saturated carbocycles. The van der Waals surface area contributed by atoms with E-state index in [0.717, 1.165) is 9.87 Å². The average molecular weight is 588 g/mol. The SMILES string of the molecule is CC[C@@H](C)NC(=O)[C@H](CC)N(Cc1ccc(F)cc1)C(=O)CN(c1cccc(C)c1)S(=O)(=O)c1ccc(Cl)cc1. The van der Waals surface area contributed by atoms with Crippen molar-refractivity contribution in [1.82, 2.24) is 10.2 Å². The van der Waals surface area contributed by atoms with E-state index in [1.165, 1.54) is 53.4 Å². The van der Waals surface area contributed by atoms with Crippen LogP contribution in [0, 0.1) is 12.7 Å². The zero-order valence-corrected chi connectivity index (χ0v) is 24.7. The van der Waals surface area contributed by atoms with Crippen molar-refractivity contribution in [2.45, 2.75) is 64.1 Å². The number of rotatable bonds is 12. The molecule has 1 N–H and O–H groups in total. The normalized spacial score (nSPS) is 12.8. The van der Waals surface area contributed by atoms with E-state index in [-0.39, 0.29) is 23.4 Å². The smallest absolute Gasteiger partial charge is 0.264 e. The minimum Gasteiger partial charge on any atom is -0.352 e. The molecule has 40 heavy (non-hydrogen) atoms. The Hall–Kier alpha value is -3.43. The molecule has 10 heteroatoms. The number of anilines is 1. The van der Waals surface area contributed by atoms with Crippen LogP contribution in [0.2, 0.25) is 5.02 Å². The Labute approximate surface area is 241 Å². The van der Waals surface area contributed by atoms with Gasteiger partial charge in [-0.15, -0.1) is 0 Å². The summed E-state index contributed by atoms with van der Waals surface area (Å²) in [6.45, 7) is 6.86. The van der Waals surface area contributed by atoms with E-state index in [1.54, 1.807) is 25.1 Å². The Morgan fingerprint density at radius 1 is 0.975 bits per heavy atom. The van der Waals surface area contributed by atoms with E-state index in [2.05, 4.69) is 5.32 Å². The summed E-state index contributed by atoms with van der Waals surface area (Å²) >= 11 is 5.99. The standard InChI is InChI=1S/C30H35ClFN3O4S/c1-5-22(4)33-30(37)28(6-2)34(19-23-10-14-25(32)15-11-23)29(36)20-35(26-9-7-8-21(3)18-26)40(38,39)27-16-12-24(31)13-17-27/h7-18,22,28H,5-6,19-20H2,1-4H3,(H,33,37)/t22-,28+/m1/s1. The maximum absolute atomic E-state index is 14.0. The quantitative estimate of drug-likeness (QED) is 0.294. The van der Waals surface area contributed by atoms with E-state index >= 15 is 0 Å². The molecular formula is C30H35ClFN3O4S. The molecule has 2 amide bonds. The number of carbonyl (C=O) groups is 2. The fraction of sp³-hybridized carbons (Fsp3) is 0.333. The zero-order valence-electron chi connectivity index (χ0n) is 23.1. The van der Waals surface area contributed by atoms with Crippen molar-refractivity contribution in [1.29, 1.82) is 0 Å². The molecule has 0 bridgehead atoms. The molecule has 214 valence electrons. The first-order valence-corrected chi connectivity index (χ1v) is 15.0. The largest absolute Gasteiger partial charge is 0.352 e. The van der Waals surface area contributed by atoms with Crippen molar-refractivity contribution < 1.29 is 22.4 Å². The van der Waals surface area contributed by atoms with Gasteiger partial charge in [-0.05, 0) is 86.3 Å². The number of aryl methyl sites for hydroxylation is 1. The first-order chi connectivity index (χ1) is 19.0. The van der Waals surface area contributed by atoms with Gasteiger partial charge in [0.1, 0.15) is 18.4 Å². The highest BCUT2D eigenvalue weighted by molar-refractivity contribution is 7.92. The molecule has 0 aliphatic rings. The zero-order chi connectivity index (χ0) is 29.4. The van der Waals surface area contributed by atoms with Gasteiger partial charge in [-0.2, -0.15) is 0 Å². The lowest BCUT2D eigenvalue weighted by Gasteiger charge is -2.33. The highest BCUT2D eigenvalue weighted by Gasteiger charge is 2.34. The van der Waals surface area contributed by atoms with Crippen LogP contribution in [0.3, 0.4) is 0 Å². The van der Waals surface area contributed by atoms with Crippen molar-refractivity contribution >= 4 is 39.1 Å². The van der Waals surface area contributed by atoms with Crippen LogP contribution in [0.1, 0.15) is 44.7 Å². The van der Waals surface area contributed by atoms with Gasteiger partial charge in [0.25, 0.3) is 10.0 Å². The second kappa shape index (κ2) is 13.8. The Bertz CT molecular complexity index is 1420. The number of benzene rings is 3. The number of halogens is 2. The predicted molar refractivity (Wildman–Crippen MR) is 156 cm³/mol. The van der Waals surface area contributed by atoms with Crippen LogP contribution in [0.5, 0.6) is 0 Å². The first-order valence-electron chi connectivity index (χ1n) is 13.2. The maximum atomic E-state index is 14.0. The van der Waals surface area contributed by atoms with Gasteiger partial charge >= 0.3 is 0 Å². The van der Waals surface area contributed by atoms with Gasteiger partial charge in [0, 0.05) is 17.6 Å². The second-order valence-corrected chi connectivity index (χ2v) is 12.0. The number of nitrogens with one attached hydrogen (secondary N) is 1. The van der Waals surface area contributed by atoms with Crippen LogP contribution < -0.4 is 9.62 Å². The summed E-state index contributed by atoms with van der Waals surface area (Å²) in [7, 11) is -4.19. The molecule has 0 radical (unpaired) electrons. The third kappa shape index (κ3) is 7.82. The summed E-state index contributed by atoms with van der Waals surface area (Å²) in [5.74, 6) is -1.34. The molecule has 2 atom stereocenters. The third-order valence-electron chi connectivity index (χ3n) is 6.62. The van der Waals surface area contributed by atoms with Gasteiger partial charge in [-0.3, -0.25) is 13.9 Å². The van der Waals surface area contributed by atoms with Crippen molar-refractivity contribution in [2.75, 3.05) is 10.8 Å². The molecule has 3 aromatic carbocycles. The number of carbonyl (C=O) groups excluding carboxylic acids is 2. The molecule has 3 rings (SSSR count). The minimum atomic E-state index is -4.19. The van der Waals surface area contributed by atoms with Crippen LogP contribution in [0.4, 0.5) is 10.1 Å². The van der Waals surface area contributed by atoms with Crippen LogP contribution in [-0.4, -0.2) is 43.8 Å². The van der Waals surface area contributed by atoms with E-state index in [4.69, 9.17) is 11.6 Å². The molecule has 0 aromatic heterocycles. The molecule has 0 unspecified atom stereocenters. The Morgan fingerprint density at radius 2 is 1.62 bits per heavy atom. The molecule has 0 heterocycles. The minimum absolute atomic E-state index is 0.00576. The van der Waals surface area contributed by atoms with Gasteiger partial charge in [0.2, 0.25) is 11.8 Å². The summed E-state index contributed by atoms with van der Waals surface area (Å²) in [6.07, 6.45) is 0.998. The number of hydrogen-bond acceptors (Lipinski definition) is 4. The molecule has 0 fully saturated rings. The van der Waals surface area contributed by atoms with E-state index in [0.29, 0.717) is 29.1 Å². The lowest BCUT2D eigenvalue weighted by atomic mass is 10.1. The monoisotopic (exact) mass is 587 g/mol. The van der Waals surface area contributed by atoms with Gasteiger partial charge in [0.15, 0.2) is 0 Å². The van der Waals surface area contributed by atoms with Crippen molar-refractivity contribution in [3.8, 4) is 0 Å². The Morgan fingerprint density at radius 3 is 2.20 bits per heavy atom. The predicted octanol–water partition coefficient (Wildman–Crippen LogP) is 5.70. The van der Waals surface area contributed by atoms with Crippen molar-refractivity contribution in [3.05, 3.63) is 94.8 Å². The van der Waals surface area contributed by atoms with Crippen molar-refractivity contribution in [3.63, 3.8) is 0 Å². The molecular weight excluding hydrogens is 553 g/mol. The van der Waals surface area contributed by atoms with Crippen LogP contribution in [0.25, 0.3) is 0 Å². The van der Waals surface area contributed by atoms with Gasteiger partial charge in [-0.1, -0.05) is 49.7 Å². The third-order valence-corrected chi connectivity index (χ3v) is 8.66. The summed E-state index contributed by atoms with van der Waals surface area (Å²) < 4.78 is 42.4. The van der Waals surface area contributed by atoms with Gasteiger partial charge in [-0.25, -0.2) is 12.8 Å². The molecule has 7 nitrogen and oxygen atoms in total. The Balaban J connectivity index is 2.05. The molecule has 3 aromatic rings. The Kier molecular flexibility index (Phi) is 10.7. The van der Waals surface area contributed by atoms with E-state index < -0.39 is 34.3 Å². The van der Waals surface area contributed by atoms with Gasteiger partial charge in [0.05, 0.1) is 10.6 Å².